The highest BCUT2D eigenvalue weighted by atomic mass is 35.5. The summed E-state index contributed by atoms with van der Waals surface area (Å²) in [6, 6.07) is 9.18. The van der Waals surface area contributed by atoms with E-state index in [0.717, 1.165) is 48.0 Å². The third-order valence-electron chi connectivity index (χ3n) is 6.17. The second-order valence-electron chi connectivity index (χ2n) is 8.43. The summed E-state index contributed by atoms with van der Waals surface area (Å²) in [4.78, 5) is 17.6. The fourth-order valence-electron chi connectivity index (χ4n) is 4.48. The van der Waals surface area contributed by atoms with Crippen LogP contribution in [0.5, 0.6) is 0 Å². The first-order valence-corrected chi connectivity index (χ1v) is 12.6. The lowest BCUT2D eigenvalue weighted by atomic mass is 10.1. The van der Waals surface area contributed by atoms with Crippen LogP contribution in [-0.4, -0.2) is 30.9 Å². The number of aryl methyl sites for hydroxylation is 1. The molecule has 1 amide bonds. The number of halogens is 1. The fourth-order valence-corrected chi connectivity index (χ4v) is 5.97. The lowest BCUT2D eigenvalue weighted by molar-refractivity contribution is 0.102. The maximum Gasteiger partial charge on any atom is 0.258 e. The van der Waals surface area contributed by atoms with Gasteiger partial charge in [0.2, 0.25) is 0 Å². The molecule has 3 heterocycles. The zero-order chi connectivity index (χ0) is 21.9. The molecule has 3 aromatic rings. The van der Waals surface area contributed by atoms with Crippen molar-refractivity contribution in [2.45, 2.75) is 68.2 Å². The first-order valence-electron chi connectivity index (χ1n) is 11.3. The summed E-state index contributed by atoms with van der Waals surface area (Å²) in [7, 11) is 0. The Morgan fingerprint density at radius 3 is 2.84 bits per heavy atom. The van der Waals surface area contributed by atoms with E-state index in [4.69, 9.17) is 11.6 Å². The van der Waals surface area contributed by atoms with E-state index in [2.05, 4.69) is 25.1 Å². The van der Waals surface area contributed by atoms with Crippen molar-refractivity contribution in [3.8, 4) is 11.4 Å². The lowest BCUT2D eigenvalue weighted by Gasteiger charge is -2.13. The van der Waals surface area contributed by atoms with Gasteiger partial charge in [0.15, 0.2) is 5.82 Å². The van der Waals surface area contributed by atoms with Crippen molar-refractivity contribution in [2.75, 3.05) is 5.32 Å². The average molecular weight is 468 g/mol. The number of aromatic nitrogens is 4. The normalized spacial score (nSPS) is 16.5. The maximum absolute atomic E-state index is 13.1. The predicted octanol–water partition coefficient (Wildman–Crippen LogP) is 6.01. The number of nitrogens with zero attached hydrogens (tertiary/aromatic N) is 4. The van der Waals surface area contributed by atoms with E-state index in [9.17, 15) is 4.79 Å². The van der Waals surface area contributed by atoms with Gasteiger partial charge in [0.25, 0.3) is 5.91 Å². The molecule has 0 saturated heterocycles. The van der Waals surface area contributed by atoms with Crippen molar-refractivity contribution >= 4 is 35.0 Å². The summed E-state index contributed by atoms with van der Waals surface area (Å²) in [5.74, 6) is 1.61. The molecular formula is C24H26ClN5OS. The summed E-state index contributed by atoms with van der Waals surface area (Å²) in [6.45, 7) is 0.891. The van der Waals surface area contributed by atoms with Gasteiger partial charge in [0.1, 0.15) is 10.9 Å². The van der Waals surface area contributed by atoms with Gasteiger partial charge in [0.05, 0.1) is 10.6 Å². The first kappa shape index (κ1) is 21.5. The number of carbonyl (C=O) groups is 1. The van der Waals surface area contributed by atoms with E-state index >= 15 is 0 Å². The van der Waals surface area contributed by atoms with Crippen LogP contribution < -0.4 is 5.32 Å². The van der Waals surface area contributed by atoms with Gasteiger partial charge in [-0.2, -0.15) is 0 Å². The summed E-state index contributed by atoms with van der Waals surface area (Å²) in [5, 5.41) is 13.8. The summed E-state index contributed by atoms with van der Waals surface area (Å²) >= 11 is 8.26. The molecular weight excluding hydrogens is 442 g/mol. The molecule has 1 aliphatic heterocycles. The third kappa shape index (κ3) is 4.55. The molecule has 32 heavy (non-hydrogen) atoms. The molecule has 0 radical (unpaired) electrons. The summed E-state index contributed by atoms with van der Waals surface area (Å²) < 4.78 is 2.16. The van der Waals surface area contributed by atoms with Crippen LogP contribution in [0, 0.1) is 0 Å². The number of benzene rings is 1. The van der Waals surface area contributed by atoms with Crippen LogP contribution in [0.2, 0.25) is 5.02 Å². The van der Waals surface area contributed by atoms with Crippen LogP contribution >= 0.6 is 23.4 Å². The highest BCUT2D eigenvalue weighted by Crippen LogP contribution is 2.36. The largest absolute Gasteiger partial charge is 0.322 e. The summed E-state index contributed by atoms with van der Waals surface area (Å²) in [5.41, 5.74) is 2.08. The minimum absolute atomic E-state index is 0.160. The number of hydrogen-bond donors (Lipinski definition) is 1. The average Bonchev–Trinajstić information content (AvgIpc) is 3.40. The highest BCUT2D eigenvalue weighted by Gasteiger charge is 2.22. The standard InChI is InChI=1S/C24H26ClN5OS/c25-20-12-11-16(15-19(20)22-29-28-21-10-2-1-5-14-30(21)22)27-23(31)18-9-6-13-26-24(18)32-17-7-3-4-8-17/h6,9,11-13,15,17H,1-5,7-8,10,14H2,(H,27,31). The number of anilines is 1. The van der Waals surface area contributed by atoms with E-state index in [1.807, 2.05) is 30.3 Å². The zero-order valence-corrected chi connectivity index (χ0v) is 19.5. The van der Waals surface area contributed by atoms with Crippen molar-refractivity contribution < 1.29 is 4.79 Å². The van der Waals surface area contributed by atoms with Crippen molar-refractivity contribution in [3.05, 3.63) is 52.9 Å². The molecule has 0 atom stereocenters. The van der Waals surface area contributed by atoms with Gasteiger partial charge >= 0.3 is 0 Å². The monoisotopic (exact) mass is 467 g/mol. The Bertz CT molecular complexity index is 1130. The number of hydrogen-bond acceptors (Lipinski definition) is 5. The van der Waals surface area contributed by atoms with E-state index in [0.29, 0.717) is 21.5 Å². The quantitative estimate of drug-likeness (QED) is 0.497. The van der Waals surface area contributed by atoms with Gasteiger partial charge in [-0.1, -0.05) is 30.9 Å². The molecule has 6 nitrogen and oxygen atoms in total. The van der Waals surface area contributed by atoms with Gasteiger partial charge in [0, 0.05) is 35.7 Å². The van der Waals surface area contributed by atoms with Crippen LogP contribution in [0.1, 0.15) is 61.1 Å². The number of amides is 1. The van der Waals surface area contributed by atoms with E-state index in [1.54, 1.807) is 18.0 Å². The van der Waals surface area contributed by atoms with Crippen molar-refractivity contribution in [1.29, 1.82) is 0 Å². The molecule has 2 aliphatic rings. The van der Waals surface area contributed by atoms with Crippen molar-refractivity contribution in [3.63, 3.8) is 0 Å². The molecule has 166 valence electrons. The Balaban J connectivity index is 1.39. The Hall–Kier alpha value is -2.38. The smallest absolute Gasteiger partial charge is 0.258 e. The van der Waals surface area contributed by atoms with Gasteiger partial charge < -0.3 is 9.88 Å². The molecule has 0 spiro atoms. The number of thioether (sulfide) groups is 1. The molecule has 1 N–H and O–H groups in total. The van der Waals surface area contributed by atoms with Gasteiger partial charge in [-0.25, -0.2) is 4.98 Å². The fraction of sp³-hybridized carbons (Fsp3) is 0.417. The Labute approximate surface area is 197 Å². The van der Waals surface area contributed by atoms with E-state index in [1.165, 1.54) is 32.1 Å². The topological polar surface area (TPSA) is 72.7 Å². The lowest BCUT2D eigenvalue weighted by Crippen LogP contribution is -2.14. The van der Waals surface area contributed by atoms with Crippen LogP contribution in [0.15, 0.2) is 41.6 Å². The number of fused-ring (bicyclic) bond motifs is 1. The molecule has 1 fully saturated rings. The minimum atomic E-state index is -0.160. The van der Waals surface area contributed by atoms with Crippen LogP contribution in [0.25, 0.3) is 11.4 Å². The minimum Gasteiger partial charge on any atom is -0.322 e. The molecule has 8 heteroatoms. The molecule has 1 saturated carbocycles. The first-order chi connectivity index (χ1) is 15.7. The van der Waals surface area contributed by atoms with Gasteiger partial charge in [-0.3, -0.25) is 4.79 Å². The van der Waals surface area contributed by atoms with Crippen molar-refractivity contribution in [2.24, 2.45) is 0 Å². The van der Waals surface area contributed by atoms with E-state index in [-0.39, 0.29) is 5.91 Å². The van der Waals surface area contributed by atoms with Crippen LogP contribution in [0.3, 0.4) is 0 Å². The summed E-state index contributed by atoms with van der Waals surface area (Å²) in [6.07, 6.45) is 11.0. The number of carbonyl (C=O) groups excluding carboxylic acids is 1. The zero-order valence-electron chi connectivity index (χ0n) is 17.9. The molecule has 0 bridgehead atoms. The number of pyridine rings is 1. The molecule has 1 aliphatic carbocycles. The Morgan fingerprint density at radius 1 is 1.09 bits per heavy atom. The van der Waals surface area contributed by atoms with Crippen molar-refractivity contribution in [1.82, 2.24) is 19.7 Å². The second-order valence-corrected chi connectivity index (χ2v) is 10.1. The maximum atomic E-state index is 13.1. The molecule has 0 unspecified atom stereocenters. The van der Waals surface area contributed by atoms with Gasteiger partial charge in [-0.15, -0.1) is 22.0 Å². The van der Waals surface area contributed by atoms with Crippen LogP contribution in [-0.2, 0) is 13.0 Å². The van der Waals surface area contributed by atoms with E-state index < -0.39 is 0 Å². The number of rotatable bonds is 5. The molecule has 2 aromatic heterocycles. The van der Waals surface area contributed by atoms with Crippen LogP contribution in [0.4, 0.5) is 5.69 Å². The molecule has 5 rings (SSSR count). The second kappa shape index (κ2) is 9.63. The Morgan fingerprint density at radius 2 is 1.97 bits per heavy atom. The third-order valence-corrected chi connectivity index (χ3v) is 7.85. The SMILES string of the molecule is O=C(Nc1ccc(Cl)c(-c2nnc3n2CCCCC3)c1)c1cccnc1SC1CCCC1. The highest BCUT2D eigenvalue weighted by molar-refractivity contribution is 7.99. The Kier molecular flexibility index (Phi) is 6.46. The van der Waals surface area contributed by atoms with Gasteiger partial charge in [-0.05, 0) is 56.0 Å². The predicted molar refractivity (Wildman–Crippen MR) is 128 cm³/mol. The number of nitrogens with one attached hydrogen (secondary N) is 1. The molecule has 1 aromatic carbocycles.